The van der Waals surface area contributed by atoms with Crippen LogP contribution in [0.3, 0.4) is 0 Å². The monoisotopic (exact) mass is 504 g/mol. The van der Waals surface area contributed by atoms with E-state index < -0.39 is 30.1 Å². The van der Waals surface area contributed by atoms with Crippen molar-refractivity contribution < 1.29 is 28.6 Å². The molecule has 0 bridgehead atoms. The molecule has 1 aliphatic rings. The van der Waals surface area contributed by atoms with Crippen LogP contribution in [-0.2, 0) is 14.2 Å². The highest BCUT2D eigenvalue weighted by atomic mass is 32.2. The quantitative estimate of drug-likeness (QED) is 0.318. The Hall–Kier alpha value is -3.58. The molecule has 4 rings (SSSR count). The summed E-state index contributed by atoms with van der Waals surface area (Å²) in [6.07, 6.45) is -1.45. The standard InChI is InChI=1S/C29H28O6S/c1-18-4-10-21(11-5-18)27(30)33-16-25-26(35-29(32)23-14-8-20(3)9-15-23)24(17-36-25)34-28(31)22-12-6-19(2)7-13-22/h4-15,24-26H,16-17H2,1-3H3/t24-,25+,26?/m1/s1. The lowest BCUT2D eigenvalue weighted by Crippen LogP contribution is -2.39. The molecule has 0 spiro atoms. The van der Waals surface area contributed by atoms with Gasteiger partial charge in [-0.2, -0.15) is 0 Å². The van der Waals surface area contributed by atoms with Gasteiger partial charge in [0.2, 0.25) is 0 Å². The minimum absolute atomic E-state index is 0.0157. The van der Waals surface area contributed by atoms with Gasteiger partial charge in [-0.1, -0.05) is 53.1 Å². The fourth-order valence-electron chi connectivity index (χ4n) is 3.75. The number of thioether (sulfide) groups is 1. The number of rotatable bonds is 7. The van der Waals surface area contributed by atoms with Crippen LogP contribution in [0.25, 0.3) is 0 Å². The maximum Gasteiger partial charge on any atom is 0.338 e. The summed E-state index contributed by atoms with van der Waals surface area (Å²) in [6, 6.07) is 21.2. The average Bonchev–Trinajstić information content (AvgIpc) is 3.24. The lowest BCUT2D eigenvalue weighted by Gasteiger charge is -2.24. The second-order valence-corrected chi connectivity index (χ2v) is 10.2. The van der Waals surface area contributed by atoms with Crippen LogP contribution in [0.15, 0.2) is 72.8 Å². The smallest absolute Gasteiger partial charge is 0.338 e. The SMILES string of the molecule is Cc1ccc(C(=O)OC[C@@H]2SC[C@@H](OC(=O)c3ccc(C)cc3)C2OC(=O)c2ccc(C)cc2)cc1. The number of hydrogen-bond donors (Lipinski definition) is 0. The molecule has 6 nitrogen and oxygen atoms in total. The van der Waals surface area contributed by atoms with E-state index in [1.54, 1.807) is 36.4 Å². The number of aryl methyl sites for hydroxylation is 3. The van der Waals surface area contributed by atoms with Gasteiger partial charge in [-0.25, -0.2) is 14.4 Å². The largest absolute Gasteiger partial charge is 0.461 e. The maximum atomic E-state index is 12.9. The van der Waals surface area contributed by atoms with Crippen molar-refractivity contribution in [1.82, 2.24) is 0 Å². The maximum absolute atomic E-state index is 12.9. The van der Waals surface area contributed by atoms with Crippen molar-refractivity contribution in [2.75, 3.05) is 12.4 Å². The predicted molar refractivity (Wildman–Crippen MR) is 138 cm³/mol. The number of hydrogen-bond acceptors (Lipinski definition) is 7. The zero-order valence-corrected chi connectivity index (χ0v) is 21.2. The second-order valence-electron chi connectivity index (χ2n) is 8.88. The third-order valence-corrected chi connectivity index (χ3v) is 7.30. The van der Waals surface area contributed by atoms with Crippen molar-refractivity contribution in [3.8, 4) is 0 Å². The highest BCUT2D eigenvalue weighted by molar-refractivity contribution is 8.00. The van der Waals surface area contributed by atoms with E-state index in [1.807, 2.05) is 57.2 Å². The van der Waals surface area contributed by atoms with E-state index in [4.69, 9.17) is 14.2 Å². The van der Waals surface area contributed by atoms with Crippen LogP contribution in [0.1, 0.15) is 47.8 Å². The first kappa shape index (κ1) is 25.5. The fraction of sp³-hybridized carbons (Fsp3) is 0.276. The molecule has 3 atom stereocenters. The van der Waals surface area contributed by atoms with Crippen molar-refractivity contribution in [2.24, 2.45) is 0 Å². The Morgan fingerprint density at radius 3 is 1.56 bits per heavy atom. The van der Waals surface area contributed by atoms with Gasteiger partial charge < -0.3 is 14.2 Å². The fourth-order valence-corrected chi connectivity index (χ4v) is 5.03. The minimum Gasteiger partial charge on any atom is -0.461 e. The molecule has 0 radical (unpaired) electrons. The first-order valence-corrected chi connectivity index (χ1v) is 12.8. The Kier molecular flexibility index (Phi) is 8.10. The summed E-state index contributed by atoms with van der Waals surface area (Å²) in [7, 11) is 0. The first-order chi connectivity index (χ1) is 17.3. The van der Waals surface area contributed by atoms with Crippen LogP contribution in [0.4, 0.5) is 0 Å². The molecule has 186 valence electrons. The lowest BCUT2D eigenvalue weighted by molar-refractivity contribution is -0.0295. The zero-order valence-electron chi connectivity index (χ0n) is 20.4. The molecule has 0 aromatic heterocycles. The molecule has 0 saturated carbocycles. The lowest BCUT2D eigenvalue weighted by atomic mass is 10.1. The van der Waals surface area contributed by atoms with Crippen LogP contribution in [0, 0.1) is 20.8 Å². The van der Waals surface area contributed by atoms with Gasteiger partial charge in [0.25, 0.3) is 0 Å². The van der Waals surface area contributed by atoms with E-state index in [9.17, 15) is 14.4 Å². The third-order valence-electron chi connectivity index (χ3n) is 5.95. The summed E-state index contributed by atoms with van der Waals surface area (Å²) in [5, 5.41) is -0.385. The summed E-state index contributed by atoms with van der Waals surface area (Å²) in [4.78, 5) is 38.2. The van der Waals surface area contributed by atoms with Crippen molar-refractivity contribution >= 4 is 29.7 Å². The zero-order chi connectivity index (χ0) is 25.7. The van der Waals surface area contributed by atoms with Crippen molar-refractivity contribution in [2.45, 2.75) is 38.2 Å². The average molecular weight is 505 g/mol. The van der Waals surface area contributed by atoms with Gasteiger partial charge in [0.1, 0.15) is 12.7 Å². The molecule has 3 aromatic rings. The van der Waals surface area contributed by atoms with Gasteiger partial charge >= 0.3 is 17.9 Å². The van der Waals surface area contributed by atoms with Gasteiger partial charge in [0, 0.05) is 5.75 Å². The van der Waals surface area contributed by atoms with Crippen LogP contribution in [-0.4, -0.2) is 47.7 Å². The van der Waals surface area contributed by atoms with E-state index in [2.05, 4.69) is 0 Å². The highest BCUT2D eigenvalue weighted by Crippen LogP contribution is 2.33. The van der Waals surface area contributed by atoms with Gasteiger partial charge in [0.15, 0.2) is 6.10 Å². The molecule has 1 saturated heterocycles. The molecular weight excluding hydrogens is 476 g/mol. The van der Waals surface area contributed by atoms with E-state index in [0.717, 1.165) is 16.7 Å². The Balaban J connectivity index is 1.47. The van der Waals surface area contributed by atoms with Gasteiger partial charge in [-0.3, -0.25) is 0 Å². The molecule has 3 aromatic carbocycles. The van der Waals surface area contributed by atoms with E-state index in [0.29, 0.717) is 22.4 Å². The Morgan fingerprint density at radius 2 is 1.08 bits per heavy atom. The molecule has 1 unspecified atom stereocenters. The molecule has 1 fully saturated rings. The predicted octanol–water partition coefficient (Wildman–Crippen LogP) is 5.34. The van der Waals surface area contributed by atoms with Crippen molar-refractivity contribution in [1.29, 1.82) is 0 Å². The van der Waals surface area contributed by atoms with Gasteiger partial charge in [-0.15, -0.1) is 11.8 Å². The Labute approximate surface area is 215 Å². The van der Waals surface area contributed by atoms with Gasteiger partial charge in [-0.05, 0) is 57.2 Å². The van der Waals surface area contributed by atoms with Crippen LogP contribution in [0.5, 0.6) is 0 Å². The normalized spacial score (nSPS) is 18.9. The van der Waals surface area contributed by atoms with Crippen LogP contribution < -0.4 is 0 Å². The number of carbonyl (C=O) groups is 3. The number of ether oxygens (including phenoxy) is 3. The highest BCUT2D eigenvalue weighted by Gasteiger charge is 2.43. The Morgan fingerprint density at radius 1 is 0.667 bits per heavy atom. The number of esters is 3. The van der Waals surface area contributed by atoms with E-state index >= 15 is 0 Å². The number of benzene rings is 3. The molecule has 7 heteroatoms. The first-order valence-electron chi connectivity index (χ1n) is 11.7. The molecule has 0 aliphatic carbocycles. The van der Waals surface area contributed by atoms with Crippen molar-refractivity contribution in [3.05, 3.63) is 106 Å². The molecule has 0 amide bonds. The summed E-state index contributed by atoms with van der Waals surface area (Å²) in [5.74, 6) is -1.06. The molecule has 1 aliphatic heterocycles. The summed E-state index contributed by atoms with van der Waals surface area (Å²) in [6.45, 7) is 5.82. The molecule has 0 N–H and O–H groups in total. The minimum atomic E-state index is -0.774. The third kappa shape index (κ3) is 6.34. The van der Waals surface area contributed by atoms with Gasteiger partial charge in [0.05, 0.1) is 21.9 Å². The molecular formula is C29H28O6S. The summed E-state index contributed by atoms with van der Waals surface area (Å²) < 4.78 is 17.2. The second kappa shape index (κ2) is 11.4. The summed E-state index contributed by atoms with van der Waals surface area (Å²) in [5.41, 5.74) is 4.36. The van der Waals surface area contributed by atoms with Crippen LogP contribution >= 0.6 is 11.8 Å². The molecule has 1 heterocycles. The van der Waals surface area contributed by atoms with E-state index in [1.165, 1.54) is 11.8 Å². The van der Waals surface area contributed by atoms with Crippen molar-refractivity contribution in [3.63, 3.8) is 0 Å². The van der Waals surface area contributed by atoms with Crippen LogP contribution in [0.2, 0.25) is 0 Å². The topological polar surface area (TPSA) is 78.9 Å². The molecule has 36 heavy (non-hydrogen) atoms. The summed E-state index contributed by atoms with van der Waals surface area (Å²) >= 11 is 1.45. The van der Waals surface area contributed by atoms with E-state index in [-0.39, 0.29) is 11.9 Å². The Bertz CT molecular complexity index is 1220. The number of carbonyl (C=O) groups excluding carboxylic acids is 3.